The molecule has 0 spiro atoms. The van der Waals surface area contributed by atoms with E-state index in [4.69, 9.17) is 28.7 Å². The molecule has 1 aromatic heterocycles. The number of aromatic nitrogens is 1. The lowest BCUT2D eigenvalue weighted by atomic mass is 10.0. The number of para-hydroxylation sites is 1. The van der Waals surface area contributed by atoms with Gasteiger partial charge in [-0.1, -0.05) is 55.5 Å². The number of hydrogen-bond acceptors (Lipinski definition) is 12. The monoisotopic (exact) mass is 1080 g/mol. The highest BCUT2D eigenvalue weighted by Gasteiger charge is 2.36. The molecule has 1 aliphatic carbocycles. The second-order valence-electron chi connectivity index (χ2n) is 19.4. The number of carbonyl (C=O) groups excluding carboxylic acids is 9. The molecule has 7 atom stereocenters. The predicted octanol–water partition coefficient (Wildman–Crippen LogP) is -2.82. The van der Waals surface area contributed by atoms with Crippen molar-refractivity contribution in [1.82, 2.24) is 52.8 Å². The maximum Gasteiger partial charge on any atom is 0.243 e. The number of nitrogens with zero attached hydrogens (tertiary/aromatic N) is 2. The summed E-state index contributed by atoms with van der Waals surface area (Å²) in [5, 5.41) is 26.1. The number of aliphatic imine (C=N–C) groups is 2. The minimum atomic E-state index is -1.53. The van der Waals surface area contributed by atoms with Gasteiger partial charge in [-0.05, 0) is 87.9 Å². The first-order valence-corrected chi connectivity index (χ1v) is 26.5. The van der Waals surface area contributed by atoms with E-state index < -0.39 is 95.5 Å². The number of aromatic amines is 1. The molecule has 2 aromatic carbocycles. The lowest BCUT2D eigenvalue weighted by molar-refractivity contribution is -0.136. The van der Waals surface area contributed by atoms with E-state index in [1.807, 2.05) is 24.3 Å². The van der Waals surface area contributed by atoms with Gasteiger partial charge in [-0.3, -0.25) is 53.1 Å². The number of primary amides is 1. The molecule has 2 heterocycles. The van der Waals surface area contributed by atoms with Crippen LogP contribution in [-0.2, 0) is 56.0 Å². The average molecular weight is 1080 g/mol. The van der Waals surface area contributed by atoms with Gasteiger partial charge in [0.15, 0.2) is 11.9 Å². The lowest BCUT2D eigenvalue weighted by Gasteiger charge is -2.28. The van der Waals surface area contributed by atoms with Crippen molar-refractivity contribution in [1.29, 1.82) is 0 Å². The smallest absolute Gasteiger partial charge is 0.243 e. The van der Waals surface area contributed by atoms with Gasteiger partial charge >= 0.3 is 0 Å². The SMILES string of the molecule is CCN[C@@H](CCCN=C(N)N)C(=O)N[C@H]1CCC(=O)NCCC[C@@H](C(=O)NC2CC2)NC(=O)[C@H](Cc2c[nH]c3ccccc23)NC(=O)[C@H](CCCN=C(N)N)NC(=O)[C@@H](Cc2ccccc2)NC(=O)[C@H](CCC(N)=O)NC1=O. The first-order valence-electron chi connectivity index (χ1n) is 26.5. The topological polar surface area (TPSA) is 433 Å². The predicted molar refractivity (Wildman–Crippen MR) is 292 cm³/mol. The third kappa shape index (κ3) is 20.7. The first kappa shape index (κ1) is 60.6. The summed E-state index contributed by atoms with van der Waals surface area (Å²) in [6.45, 7) is 2.48. The van der Waals surface area contributed by atoms with Crippen LogP contribution in [-0.4, -0.2) is 145 Å². The summed E-state index contributed by atoms with van der Waals surface area (Å²) in [6, 6.07) is 6.94. The number of hydrogen-bond donors (Lipinski definition) is 15. The zero-order chi connectivity index (χ0) is 56.6. The molecule has 424 valence electrons. The molecule has 2 fully saturated rings. The number of guanidine groups is 2. The van der Waals surface area contributed by atoms with Gasteiger partial charge in [0, 0.05) is 68.5 Å². The van der Waals surface area contributed by atoms with E-state index in [0.29, 0.717) is 24.1 Å². The Morgan fingerprint density at radius 3 is 1.94 bits per heavy atom. The fraction of sp³-hybridized carbons (Fsp3) is 0.519. The summed E-state index contributed by atoms with van der Waals surface area (Å²) in [5.41, 5.74) is 29.7. The zero-order valence-corrected chi connectivity index (χ0v) is 44.1. The fourth-order valence-corrected chi connectivity index (χ4v) is 8.79. The van der Waals surface area contributed by atoms with Crippen molar-refractivity contribution < 1.29 is 43.2 Å². The van der Waals surface area contributed by atoms with Crippen LogP contribution in [0.1, 0.15) is 95.1 Å². The molecule has 26 heteroatoms. The molecule has 1 saturated heterocycles. The minimum Gasteiger partial charge on any atom is -0.370 e. The van der Waals surface area contributed by atoms with Crippen molar-refractivity contribution in [2.24, 2.45) is 38.7 Å². The van der Waals surface area contributed by atoms with E-state index in [9.17, 15) is 43.2 Å². The molecular weight excluding hydrogens is 1010 g/mol. The summed E-state index contributed by atoms with van der Waals surface area (Å²) in [6.07, 6.45) is 2.78. The van der Waals surface area contributed by atoms with E-state index in [0.717, 1.165) is 23.7 Å². The summed E-state index contributed by atoms with van der Waals surface area (Å²) >= 11 is 0. The van der Waals surface area contributed by atoms with Crippen LogP contribution in [0.15, 0.2) is 70.8 Å². The van der Waals surface area contributed by atoms with Gasteiger partial charge in [0.2, 0.25) is 53.2 Å². The van der Waals surface area contributed by atoms with E-state index in [-0.39, 0.29) is 108 Å². The number of nitrogens with one attached hydrogen (secondary N) is 10. The number of carbonyl (C=O) groups is 9. The number of benzene rings is 2. The summed E-state index contributed by atoms with van der Waals surface area (Å²) in [7, 11) is 0. The lowest BCUT2D eigenvalue weighted by Crippen LogP contribution is -2.60. The average Bonchev–Trinajstić information content (AvgIpc) is 4.13. The van der Waals surface area contributed by atoms with E-state index in [2.05, 4.69) is 62.8 Å². The van der Waals surface area contributed by atoms with Crippen LogP contribution in [0.2, 0.25) is 0 Å². The molecule has 0 radical (unpaired) electrons. The molecule has 0 unspecified atom stereocenters. The maximum absolute atomic E-state index is 14.7. The molecule has 20 N–H and O–H groups in total. The Kier molecular flexibility index (Phi) is 24.1. The Balaban J connectivity index is 1.54. The summed E-state index contributed by atoms with van der Waals surface area (Å²) < 4.78 is 0. The second kappa shape index (κ2) is 31.1. The van der Waals surface area contributed by atoms with Crippen LogP contribution in [0, 0.1) is 0 Å². The highest BCUT2D eigenvalue weighted by atomic mass is 16.2. The number of fused-ring (bicyclic) bond motifs is 1. The van der Waals surface area contributed by atoms with Crippen molar-refractivity contribution >= 4 is 76.0 Å². The van der Waals surface area contributed by atoms with Crippen LogP contribution >= 0.6 is 0 Å². The van der Waals surface area contributed by atoms with Crippen LogP contribution in [0.3, 0.4) is 0 Å². The molecule has 2 aliphatic rings. The van der Waals surface area contributed by atoms with Gasteiger partial charge < -0.3 is 81.5 Å². The van der Waals surface area contributed by atoms with Crippen molar-refractivity contribution in [3.63, 3.8) is 0 Å². The molecule has 0 bridgehead atoms. The Labute approximate surface area is 452 Å². The van der Waals surface area contributed by atoms with Crippen molar-refractivity contribution in [2.75, 3.05) is 26.2 Å². The Bertz CT molecular complexity index is 2600. The van der Waals surface area contributed by atoms with Crippen LogP contribution in [0.4, 0.5) is 0 Å². The largest absolute Gasteiger partial charge is 0.370 e. The Morgan fingerprint density at radius 1 is 0.667 bits per heavy atom. The Hall–Kier alpha value is -8.29. The van der Waals surface area contributed by atoms with Gasteiger partial charge in [0.25, 0.3) is 0 Å². The number of nitrogens with two attached hydrogens (primary N) is 5. The number of amides is 9. The molecule has 3 aromatic rings. The third-order valence-corrected chi connectivity index (χ3v) is 13.1. The molecular formula is C52H77N17O9. The Morgan fingerprint density at radius 2 is 1.27 bits per heavy atom. The summed E-state index contributed by atoms with van der Waals surface area (Å²) in [5.74, 6) is -6.85. The van der Waals surface area contributed by atoms with Crippen molar-refractivity contribution in [3.8, 4) is 0 Å². The molecule has 5 rings (SSSR count). The highest BCUT2D eigenvalue weighted by Crippen LogP contribution is 2.21. The van der Waals surface area contributed by atoms with Gasteiger partial charge in [-0.15, -0.1) is 0 Å². The minimum absolute atomic E-state index is 0.0413. The maximum atomic E-state index is 14.7. The number of rotatable bonds is 21. The second-order valence-corrected chi connectivity index (χ2v) is 19.4. The molecule has 1 saturated carbocycles. The fourth-order valence-electron chi connectivity index (χ4n) is 8.79. The molecule has 78 heavy (non-hydrogen) atoms. The standard InChI is InChI=1S/C52H77N17O9/c1-2-58-35(15-8-25-60-51(54)55)44(72)66-39-21-23-43(71)59-24-9-16-36(45(73)63-32-18-19-32)64-50(78)41(28-31-29-62-34-14-7-6-13-33(31)34)69-46(74)37(17-10-26-61-52(56)57)65-49(77)40(27-30-11-4-3-5-12-30)68-48(76)38(67-47(39)75)20-22-42(53)70/h3-7,11-14,29,32,35-41,58,62H,2,8-10,15-28H2,1H3,(H2,53,70)(H,59,71)(H,63,73)(H,64,78)(H,65,77)(H,66,72)(H,67,75)(H,68,76)(H,69,74)(H4,54,55,60)(H4,56,57,61)/t35-,36-,37-,38-,39-,40+,41-/m0/s1. The third-order valence-electron chi connectivity index (χ3n) is 13.1. The van der Waals surface area contributed by atoms with Crippen LogP contribution in [0.5, 0.6) is 0 Å². The van der Waals surface area contributed by atoms with Gasteiger partial charge in [0.05, 0.1) is 6.04 Å². The normalized spacial score (nSPS) is 21.7. The van der Waals surface area contributed by atoms with E-state index in [1.54, 1.807) is 43.5 Å². The first-order chi connectivity index (χ1) is 37.4. The molecule has 9 amide bonds. The highest BCUT2D eigenvalue weighted by molar-refractivity contribution is 5.98. The summed E-state index contributed by atoms with van der Waals surface area (Å²) in [4.78, 5) is 138. The quantitative estimate of drug-likeness (QED) is 0.0291. The van der Waals surface area contributed by atoms with Crippen molar-refractivity contribution in [3.05, 3.63) is 71.9 Å². The van der Waals surface area contributed by atoms with E-state index in [1.165, 1.54) is 0 Å². The van der Waals surface area contributed by atoms with E-state index >= 15 is 0 Å². The van der Waals surface area contributed by atoms with Gasteiger partial charge in [0.1, 0.15) is 36.3 Å². The zero-order valence-electron chi connectivity index (χ0n) is 44.1. The van der Waals surface area contributed by atoms with Gasteiger partial charge in [-0.2, -0.15) is 0 Å². The van der Waals surface area contributed by atoms with Crippen molar-refractivity contribution in [2.45, 2.75) is 145 Å². The van der Waals surface area contributed by atoms with Crippen LogP contribution < -0.4 is 76.5 Å². The molecule has 26 nitrogen and oxygen atoms in total. The van der Waals surface area contributed by atoms with Gasteiger partial charge in [-0.25, -0.2) is 0 Å². The number of likely N-dealkylation sites (N-methyl/N-ethyl adjacent to an activating group) is 1. The molecule has 1 aliphatic heterocycles. The number of H-pyrrole nitrogens is 1. The van der Waals surface area contributed by atoms with Crippen LogP contribution in [0.25, 0.3) is 10.9 Å².